The Morgan fingerprint density at radius 3 is 2.92 bits per heavy atom. The standard InChI is InChI=1S/C10H12OS/c1-12-10-4-2-3-9(7-10)11-8-5-6-8/h2-4,7-8H,5-6H2,1H3. The summed E-state index contributed by atoms with van der Waals surface area (Å²) in [5, 5.41) is 0. The van der Waals surface area contributed by atoms with E-state index in [0.717, 1.165) is 5.75 Å². The van der Waals surface area contributed by atoms with Gasteiger partial charge in [0.2, 0.25) is 0 Å². The lowest BCUT2D eigenvalue weighted by atomic mass is 10.3. The molecule has 12 heavy (non-hydrogen) atoms. The molecule has 1 aromatic rings. The summed E-state index contributed by atoms with van der Waals surface area (Å²) in [6, 6.07) is 8.27. The van der Waals surface area contributed by atoms with E-state index in [-0.39, 0.29) is 0 Å². The van der Waals surface area contributed by atoms with Gasteiger partial charge in [0.15, 0.2) is 0 Å². The Hall–Kier alpha value is -0.630. The predicted molar refractivity (Wildman–Crippen MR) is 51.9 cm³/mol. The molecule has 0 aromatic heterocycles. The van der Waals surface area contributed by atoms with Crippen LogP contribution in [0.1, 0.15) is 12.8 Å². The van der Waals surface area contributed by atoms with Crippen LogP contribution in [0.4, 0.5) is 0 Å². The maximum absolute atomic E-state index is 5.65. The van der Waals surface area contributed by atoms with Gasteiger partial charge in [-0.1, -0.05) is 6.07 Å². The van der Waals surface area contributed by atoms with Crippen molar-refractivity contribution in [2.75, 3.05) is 6.26 Å². The smallest absolute Gasteiger partial charge is 0.120 e. The highest BCUT2D eigenvalue weighted by Crippen LogP contribution is 2.28. The molecule has 1 aliphatic carbocycles. The van der Waals surface area contributed by atoms with Crippen LogP contribution < -0.4 is 4.74 Å². The monoisotopic (exact) mass is 180 g/mol. The SMILES string of the molecule is CSc1cccc(OC2CC2)c1. The Labute approximate surface area is 77.1 Å². The van der Waals surface area contributed by atoms with Crippen molar-refractivity contribution in [2.24, 2.45) is 0 Å². The van der Waals surface area contributed by atoms with E-state index in [4.69, 9.17) is 4.74 Å². The molecule has 0 atom stereocenters. The Kier molecular flexibility index (Phi) is 2.26. The van der Waals surface area contributed by atoms with Crippen molar-refractivity contribution in [2.45, 2.75) is 23.8 Å². The zero-order valence-corrected chi connectivity index (χ0v) is 7.93. The molecule has 0 spiro atoms. The van der Waals surface area contributed by atoms with Crippen LogP contribution in [0.2, 0.25) is 0 Å². The third-order valence-corrected chi connectivity index (χ3v) is 2.59. The molecule has 0 unspecified atom stereocenters. The fourth-order valence-corrected chi connectivity index (χ4v) is 1.50. The van der Waals surface area contributed by atoms with Crippen LogP contribution in [0.3, 0.4) is 0 Å². The fourth-order valence-electron chi connectivity index (χ4n) is 1.05. The minimum atomic E-state index is 0.502. The molecule has 1 nitrogen and oxygen atoms in total. The van der Waals surface area contributed by atoms with Crippen molar-refractivity contribution < 1.29 is 4.74 Å². The number of rotatable bonds is 3. The van der Waals surface area contributed by atoms with Gasteiger partial charge in [-0.2, -0.15) is 0 Å². The second-order valence-electron chi connectivity index (χ2n) is 3.00. The minimum absolute atomic E-state index is 0.502. The summed E-state index contributed by atoms with van der Waals surface area (Å²) in [6.07, 6.45) is 5.03. The molecule has 64 valence electrons. The quantitative estimate of drug-likeness (QED) is 0.661. The van der Waals surface area contributed by atoms with Gasteiger partial charge < -0.3 is 4.74 Å². The van der Waals surface area contributed by atoms with Crippen LogP contribution in [0, 0.1) is 0 Å². The number of ether oxygens (including phenoxy) is 1. The van der Waals surface area contributed by atoms with Gasteiger partial charge in [0.25, 0.3) is 0 Å². The maximum atomic E-state index is 5.65. The van der Waals surface area contributed by atoms with E-state index in [0.29, 0.717) is 6.10 Å². The summed E-state index contributed by atoms with van der Waals surface area (Å²) in [5.41, 5.74) is 0. The van der Waals surface area contributed by atoms with Gasteiger partial charge in [0.1, 0.15) is 5.75 Å². The molecule has 0 amide bonds. The maximum Gasteiger partial charge on any atom is 0.120 e. The lowest BCUT2D eigenvalue weighted by Crippen LogP contribution is -1.95. The molecule has 1 saturated carbocycles. The van der Waals surface area contributed by atoms with Crippen LogP contribution in [0.25, 0.3) is 0 Å². The number of hydrogen-bond donors (Lipinski definition) is 0. The number of thioether (sulfide) groups is 1. The summed E-state index contributed by atoms with van der Waals surface area (Å²) in [5.74, 6) is 1.02. The fraction of sp³-hybridized carbons (Fsp3) is 0.400. The predicted octanol–water partition coefficient (Wildman–Crippen LogP) is 2.95. The highest BCUT2D eigenvalue weighted by Gasteiger charge is 2.23. The van der Waals surface area contributed by atoms with Crippen molar-refractivity contribution in [1.29, 1.82) is 0 Å². The zero-order valence-electron chi connectivity index (χ0n) is 7.12. The average molecular weight is 180 g/mol. The molecular weight excluding hydrogens is 168 g/mol. The molecule has 1 aliphatic rings. The van der Waals surface area contributed by atoms with Gasteiger partial charge >= 0.3 is 0 Å². The van der Waals surface area contributed by atoms with Crippen molar-refractivity contribution in [3.63, 3.8) is 0 Å². The molecule has 0 radical (unpaired) electrons. The highest BCUT2D eigenvalue weighted by atomic mass is 32.2. The van der Waals surface area contributed by atoms with Gasteiger partial charge in [-0.15, -0.1) is 11.8 Å². The second-order valence-corrected chi connectivity index (χ2v) is 3.88. The third kappa shape index (κ3) is 1.95. The normalized spacial score (nSPS) is 16.1. The summed E-state index contributed by atoms with van der Waals surface area (Å²) in [6.45, 7) is 0. The van der Waals surface area contributed by atoms with Crippen LogP contribution in [0.15, 0.2) is 29.2 Å². The van der Waals surface area contributed by atoms with Gasteiger partial charge in [-0.3, -0.25) is 0 Å². The van der Waals surface area contributed by atoms with E-state index in [2.05, 4.69) is 18.4 Å². The minimum Gasteiger partial charge on any atom is -0.490 e. The molecule has 0 saturated heterocycles. The van der Waals surface area contributed by atoms with Crippen molar-refractivity contribution in [1.82, 2.24) is 0 Å². The Bertz CT molecular complexity index is 268. The van der Waals surface area contributed by atoms with E-state index in [1.54, 1.807) is 11.8 Å². The van der Waals surface area contributed by atoms with Crippen LogP contribution in [-0.4, -0.2) is 12.4 Å². The Balaban J connectivity index is 2.08. The van der Waals surface area contributed by atoms with E-state index in [1.165, 1.54) is 17.7 Å². The van der Waals surface area contributed by atoms with Crippen molar-refractivity contribution in [3.8, 4) is 5.75 Å². The summed E-state index contributed by atoms with van der Waals surface area (Å²) in [4.78, 5) is 1.27. The van der Waals surface area contributed by atoms with Crippen molar-refractivity contribution >= 4 is 11.8 Å². The first kappa shape index (κ1) is 7.99. The first-order valence-corrected chi connectivity index (χ1v) is 5.41. The molecule has 2 rings (SSSR count). The Morgan fingerprint density at radius 1 is 1.42 bits per heavy atom. The zero-order chi connectivity index (χ0) is 8.39. The molecule has 1 aromatic carbocycles. The summed E-state index contributed by atoms with van der Waals surface area (Å²) in [7, 11) is 0. The molecule has 0 N–H and O–H groups in total. The highest BCUT2D eigenvalue weighted by molar-refractivity contribution is 7.98. The Morgan fingerprint density at radius 2 is 2.25 bits per heavy atom. The lowest BCUT2D eigenvalue weighted by molar-refractivity contribution is 0.302. The second kappa shape index (κ2) is 3.40. The third-order valence-electron chi connectivity index (χ3n) is 1.87. The molecule has 0 bridgehead atoms. The summed E-state index contributed by atoms with van der Waals surface area (Å²) < 4.78 is 5.65. The first-order valence-electron chi connectivity index (χ1n) is 4.19. The first-order chi connectivity index (χ1) is 5.88. The average Bonchev–Trinajstić information content (AvgIpc) is 2.89. The van der Waals surface area contributed by atoms with Crippen molar-refractivity contribution in [3.05, 3.63) is 24.3 Å². The molecular formula is C10H12OS. The number of benzene rings is 1. The molecule has 0 heterocycles. The van der Waals surface area contributed by atoms with E-state index in [1.807, 2.05) is 12.1 Å². The largest absolute Gasteiger partial charge is 0.490 e. The van der Waals surface area contributed by atoms with Gasteiger partial charge in [0, 0.05) is 4.90 Å². The van der Waals surface area contributed by atoms with Gasteiger partial charge in [0.05, 0.1) is 6.10 Å². The molecule has 2 heteroatoms. The van der Waals surface area contributed by atoms with Crippen LogP contribution >= 0.6 is 11.8 Å². The van der Waals surface area contributed by atoms with Gasteiger partial charge in [-0.05, 0) is 37.3 Å². The number of hydrogen-bond acceptors (Lipinski definition) is 2. The summed E-state index contributed by atoms with van der Waals surface area (Å²) >= 11 is 1.75. The lowest BCUT2D eigenvalue weighted by Gasteiger charge is -2.04. The van der Waals surface area contributed by atoms with Crippen LogP contribution in [0.5, 0.6) is 5.75 Å². The van der Waals surface area contributed by atoms with Gasteiger partial charge in [-0.25, -0.2) is 0 Å². The topological polar surface area (TPSA) is 9.23 Å². The molecule has 0 aliphatic heterocycles. The van der Waals surface area contributed by atoms with E-state index >= 15 is 0 Å². The molecule has 1 fully saturated rings. The van der Waals surface area contributed by atoms with E-state index in [9.17, 15) is 0 Å². The van der Waals surface area contributed by atoms with E-state index < -0.39 is 0 Å². The van der Waals surface area contributed by atoms with Crippen LogP contribution in [-0.2, 0) is 0 Å².